The van der Waals surface area contributed by atoms with E-state index in [2.05, 4.69) is 17.2 Å². The molecule has 0 aliphatic carbocycles. The number of para-hydroxylation sites is 3. The van der Waals surface area contributed by atoms with Crippen LogP contribution in [0.25, 0.3) is 10.9 Å². The number of hydrogen-bond acceptors (Lipinski definition) is 4. The summed E-state index contributed by atoms with van der Waals surface area (Å²) in [5, 5.41) is 3.88. The molecule has 1 N–H and O–H groups in total. The van der Waals surface area contributed by atoms with E-state index in [1.165, 1.54) is 0 Å². The van der Waals surface area contributed by atoms with Gasteiger partial charge in [0.25, 0.3) is 5.91 Å². The highest BCUT2D eigenvalue weighted by atomic mass is 16.6. The van der Waals surface area contributed by atoms with Crippen LogP contribution in [0.3, 0.4) is 0 Å². The SMILES string of the molecule is CCc1nc2ccccc2c(C(=O)NC[C@H]2COc3ccccc3O2)c1C. The smallest absolute Gasteiger partial charge is 0.252 e. The molecule has 0 fully saturated rings. The molecule has 4 rings (SSSR count). The number of amides is 1. The van der Waals surface area contributed by atoms with Crippen molar-refractivity contribution in [3.63, 3.8) is 0 Å². The summed E-state index contributed by atoms with van der Waals surface area (Å²) in [7, 11) is 0. The Kier molecular flexibility index (Phi) is 4.67. The van der Waals surface area contributed by atoms with Crippen LogP contribution >= 0.6 is 0 Å². The number of nitrogens with zero attached hydrogens (tertiary/aromatic N) is 1. The number of fused-ring (bicyclic) bond motifs is 2. The Labute approximate surface area is 158 Å². The van der Waals surface area contributed by atoms with Gasteiger partial charge in [0.2, 0.25) is 0 Å². The molecule has 0 unspecified atom stereocenters. The molecule has 1 aliphatic rings. The van der Waals surface area contributed by atoms with E-state index < -0.39 is 0 Å². The van der Waals surface area contributed by atoms with Crippen LogP contribution in [0.2, 0.25) is 0 Å². The van der Waals surface area contributed by atoms with Crippen LogP contribution in [-0.4, -0.2) is 30.1 Å². The fourth-order valence-corrected chi connectivity index (χ4v) is 3.45. The van der Waals surface area contributed by atoms with Gasteiger partial charge in [-0.15, -0.1) is 0 Å². The monoisotopic (exact) mass is 362 g/mol. The summed E-state index contributed by atoms with van der Waals surface area (Å²) >= 11 is 0. The van der Waals surface area contributed by atoms with Crippen molar-refractivity contribution in [2.24, 2.45) is 0 Å². The van der Waals surface area contributed by atoms with Crippen LogP contribution in [0.5, 0.6) is 11.5 Å². The fourth-order valence-electron chi connectivity index (χ4n) is 3.45. The molecule has 5 nitrogen and oxygen atoms in total. The van der Waals surface area contributed by atoms with Gasteiger partial charge in [-0.1, -0.05) is 37.3 Å². The molecule has 1 atom stereocenters. The molecule has 1 amide bonds. The quantitative estimate of drug-likeness (QED) is 0.769. The van der Waals surface area contributed by atoms with Gasteiger partial charge in [0, 0.05) is 11.1 Å². The van der Waals surface area contributed by atoms with Crippen LogP contribution < -0.4 is 14.8 Å². The lowest BCUT2D eigenvalue weighted by Gasteiger charge is -2.26. The number of pyridine rings is 1. The van der Waals surface area contributed by atoms with Crippen molar-refractivity contribution in [1.29, 1.82) is 0 Å². The zero-order valence-corrected chi connectivity index (χ0v) is 15.5. The van der Waals surface area contributed by atoms with Crippen LogP contribution in [0.1, 0.15) is 28.5 Å². The maximum atomic E-state index is 13.0. The molecule has 5 heteroatoms. The van der Waals surface area contributed by atoms with Crippen LogP contribution in [-0.2, 0) is 6.42 Å². The first-order valence-electron chi connectivity index (χ1n) is 9.22. The van der Waals surface area contributed by atoms with Crippen molar-refractivity contribution < 1.29 is 14.3 Å². The number of rotatable bonds is 4. The molecule has 0 saturated heterocycles. The summed E-state index contributed by atoms with van der Waals surface area (Å²) in [6.07, 6.45) is 0.565. The van der Waals surface area contributed by atoms with Gasteiger partial charge in [-0.3, -0.25) is 9.78 Å². The van der Waals surface area contributed by atoms with Crippen molar-refractivity contribution in [3.8, 4) is 11.5 Å². The Balaban J connectivity index is 1.55. The maximum absolute atomic E-state index is 13.0. The molecule has 0 radical (unpaired) electrons. The van der Waals surface area contributed by atoms with E-state index >= 15 is 0 Å². The Hall–Kier alpha value is -3.08. The first-order chi connectivity index (χ1) is 13.2. The van der Waals surface area contributed by atoms with Gasteiger partial charge in [0.1, 0.15) is 12.7 Å². The number of hydrogen-bond donors (Lipinski definition) is 1. The van der Waals surface area contributed by atoms with Crippen LogP contribution in [0, 0.1) is 6.92 Å². The highest BCUT2D eigenvalue weighted by molar-refractivity contribution is 6.07. The molecular formula is C22H22N2O3. The highest BCUT2D eigenvalue weighted by Crippen LogP contribution is 2.30. The first kappa shape index (κ1) is 17.3. The number of aryl methyl sites for hydroxylation is 1. The summed E-state index contributed by atoms with van der Waals surface area (Å²) < 4.78 is 11.6. The second-order valence-electron chi connectivity index (χ2n) is 6.64. The van der Waals surface area contributed by atoms with E-state index in [-0.39, 0.29) is 12.0 Å². The van der Waals surface area contributed by atoms with E-state index in [0.717, 1.165) is 34.3 Å². The van der Waals surface area contributed by atoms with E-state index in [1.807, 2.05) is 55.5 Å². The Bertz CT molecular complexity index is 1000. The minimum Gasteiger partial charge on any atom is -0.486 e. The Morgan fingerprint density at radius 3 is 2.70 bits per heavy atom. The van der Waals surface area contributed by atoms with Crippen molar-refractivity contribution in [1.82, 2.24) is 10.3 Å². The van der Waals surface area contributed by atoms with E-state index in [1.54, 1.807) is 0 Å². The zero-order valence-electron chi connectivity index (χ0n) is 15.5. The Morgan fingerprint density at radius 2 is 1.89 bits per heavy atom. The summed E-state index contributed by atoms with van der Waals surface area (Å²) in [5.74, 6) is 1.34. The summed E-state index contributed by atoms with van der Waals surface area (Å²) in [5.41, 5.74) is 3.41. The zero-order chi connectivity index (χ0) is 18.8. The lowest BCUT2D eigenvalue weighted by molar-refractivity contribution is 0.0789. The van der Waals surface area contributed by atoms with Gasteiger partial charge in [-0.25, -0.2) is 0 Å². The number of aromatic nitrogens is 1. The lowest BCUT2D eigenvalue weighted by Crippen LogP contribution is -2.41. The second-order valence-corrected chi connectivity index (χ2v) is 6.64. The molecule has 2 aromatic carbocycles. The third kappa shape index (κ3) is 3.33. The van der Waals surface area contributed by atoms with Gasteiger partial charge >= 0.3 is 0 Å². The summed E-state index contributed by atoms with van der Waals surface area (Å²) in [6.45, 7) is 4.80. The van der Waals surface area contributed by atoms with Gasteiger partial charge in [-0.2, -0.15) is 0 Å². The average Bonchev–Trinajstić information content (AvgIpc) is 2.71. The topological polar surface area (TPSA) is 60.5 Å². The number of nitrogens with one attached hydrogen (secondary N) is 1. The third-order valence-corrected chi connectivity index (χ3v) is 4.86. The summed E-state index contributed by atoms with van der Waals surface area (Å²) in [6, 6.07) is 15.3. The fraction of sp³-hybridized carbons (Fsp3) is 0.273. The standard InChI is InChI=1S/C22H22N2O3/c1-3-17-14(2)21(16-8-4-5-9-18(16)24-17)22(25)23-12-15-13-26-19-10-6-7-11-20(19)27-15/h4-11,15H,3,12-13H2,1-2H3,(H,23,25)/t15-/m0/s1. The Morgan fingerprint density at radius 1 is 1.15 bits per heavy atom. The largest absolute Gasteiger partial charge is 0.486 e. The second kappa shape index (κ2) is 7.27. The molecule has 2 heterocycles. The molecule has 1 aromatic heterocycles. The van der Waals surface area contributed by atoms with Crippen molar-refractivity contribution in [3.05, 3.63) is 65.4 Å². The number of carbonyl (C=O) groups is 1. The molecular weight excluding hydrogens is 340 g/mol. The molecule has 3 aromatic rings. The van der Waals surface area contributed by atoms with Crippen LogP contribution in [0.4, 0.5) is 0 Å². The molecule has 0 spiro atoms. The predicted molar refractivity (Wildman–Crippen MR) is 105 cm³/mol. The van der Waals surface area contributed by atoms with Gasteiger partial charge < -0.3 is 14.8 Å². The van der Waals surface area contributed by atoms with Crippen molar-refractivity contribution in [2.45, 2.75) is 26.4 Å². The van der Waals surface area contributed by atoms with Crippen molar-refractivity contribution in [2.75, 3.05) is 13.2 Å². The van der Waals surface area contributed by atoms with Crippen LogP contribution in [0.15, 0.2) is 48.5 Å². The van der Waals surface area contributed by atoms with E-state index in [0.29, 0.717) is 24.5 Å². The molecule has 0 bridgehead atoms. The number of benzene rings is 2. The highest BCUT2D eigenvalue weighted by Gasteiger charge is 2.23. The van der Waals surface area contributed by atoms with Gasteiger partial charge in [-0.05, 0) is 37.1 Å². The molecule has 27 heavy (non-hydrogen) atoms. The number of ether oxygens (including phenoxy) is 2. The van der Waals surface area contributed by atoms with E-state index in [4.69, 9.17) is 9.47 Å². The normalized spacial score (nSPS) is 15.6. The maximum Gasteiger partial charge on any atom is 0.252 e. The van der Waals surface area contributed by atoms with E-state index in [9.17, 15) is 4.79 Å². The van der Waals surface area contributed by atoms with Gasteiger partial charge in [0.15, 0.2) is 11.5 Å². The average molecular weight is 362 g/mol. The predicted octanol–water partition coefficient (Wildman–Crippen LogP) is 3.68. The molecule has 138 valence electrons. The summed E-state index contributed by atoms with van der Waals surface area (Å²) in [4.78, 5) is 17.7. The molecule has 0 saturated carbocycles. The van der Waals surface area contributed by atoms with Crippen molar-refractivity contribution >= 4 is 16.8 Å². The number of carbonyl (C=O) groups excluding carboxylic acids is 1. The third-order valence-electron chi connectivity index (χ3n) is 4.86. The lowest BCUT2D eigenvalue weighted by atomic mass is 9.99. The molecule has 1 aliphatic heterocycles. The first-order valence-corrected chi connectivity index (χ1v) is 9.22. The van der Waals surface area contributed by atoms with Gasteiger partial charge in [0.05, 0.1) is 17.6 Å². The minimum atomic E-state index is -0.220. The minimum absolute atomic E-state index is 0.108.